The third-order valence-corrected chi connectivity index (χ3v) is 9.49. The van der Waals surface area contributed by atoms with Gasteiger partial charge >= 0.3 is 0 Å². The SMILES string of the molecule is CNC(=O)CN1CCN(CCCCOc2ccc(C)cc2)C(C2CN(CCCCCOc3ccc(C)cc3)CCN2CC(=O)NC)C1. The van der Waals surface area contributed by atoms with Crippen LogP contribution >= 0.6 is 0 Å². The number of likely N-dealkylation sites (N-methyl/N-ethyl adjacent to an activating group) is 2. The van der Waals surface area contributed by atoms with Gasteiger partial charge in [0.1, 0.15) is 11.5 Å². The van der Waals surface area contributed by atoms with E-state index in [1.54, 1.807) is 14.1 Å². The molecular formula is C37H58N6O4. The lowest BCUT2D eigenvalue weighted by molar-refractivity contribution is -0.124. The molecule has 0 spiro atoms. The number of ether oxygens (including phenoxy) is 2. The average Bonchev–Trinajstić information content (AvgIpc) is 3.08. The van der Waals surface area contributed by atoms with E-state index in [2.05, 4.69) is 68.3 Å². The van der Waals surface area contributed by atoms with Crippen LogP contribution in [0.25, 0.3) is 0 Å². The van der Waals surface area contributed by atoms with Crippen molar-refractivity contribution < 1.29 is 19.1 Å². The molecule has 2 aliphatic rings. The summed E-state index contributed by atoms with van der Waals surface area (Å²) in [5.74, 6) is 1.95. The van der Waals surface area contributed by atoms with Crippen LogP contribution in [0.4, 0.5) is 0 Å². The van der Waals surface area contributed by atoms with E-state index in [4.69, 9.17) is 9.47 Å². The monoisotopic (exact) mass is 650 g/mol. The molecule has 47 heavy (non-hydrogen) atoms. The first-order valence-electron chi connectivity index (χ1n) is 17.6. The summed E-state index contributed by atoms with van der Waals surface area (Å²) in [6.45, 7) is 13.7. The number of hydrogen-bond donors (Lipinski definition) is 2. The second kappa shape index (κ2) is 19.6. The van der Waals surface area contributed by atoms with E-state index in [1.807, 2.05) is 24.3 Å². The Hall–Kier alpha value is -3.18. The van der Waals surface area contributed by atoms with Crippen LogP contribution in [0.2, 0.25) is 0 Å². The Labute approximate surface area is 282 Å². The molecule has 260 valence electrons. The highest BCUT2D eigenvalue weighted by Gasteiger charge is 2.39. The highest BCUT2D eigenvalue weighted by Crippen LogP contribution is 2.23. The summed E-state index contributed by atoms with van der Waals surface area (Å²) in [6, 6.07) is 16.9. The van der Waals surface area contributed by atoms with Crippen molar-refractivity contribution in [1.29, 1.82) is 0 Å². The lowest BCUT2D eigenvalue weighted by Gasteiger charge is -2.51. The van der Waals surface area contributed by atoms with Crippen molar-refractivity contribution in [1.82, 2.24) is 30.2 Å². The summed E-state index contributed by atoms with van der Waals surface area (Å²) >= 11 is 0. The molecule has 2 N–H and O–H groups in total. The zero-order valence-corrected chi connectivity index (χ0v) is 29.2. The molecule has 2 aliphatic heterocycles. The van der Waals surface area contributed by atoms with Crippen LogP contribution in [0, 0.1) is 13.8 Å². The predicted molar refractivity (Wildman–Crippen MR) is 188 cm³/mol. The molecule has 2 unspecified atom stereocenters. The smallest absolute Gasteiger partial charge is 0.233 e. The van der Waals surface area contributed by atoms with Crippen molar-refractivity contribution in [3.63, 3.8) is 0 Å². The number of aryl methyl sites for hydroxylation is 2. The number of unbranched alkanes of at least 4 members (excludes halogenated alkanes) is 3. The molecule has 2 aromatic carbocycles. The summed E-state index contributed by atoms with van der Waals surface area (Å²) in [7, 11) is 3.42. The van der Waals surface area contributed by atoms with Gasteiger partial charge in [-0.25, -0.2) is 0 Å². The third kappa shape index (κ3) is 12.4. The molecule has 2 atom stereocenters. The quantitative estimate of drug-likeness (QED) is 0.238. The van der Waals surface area contributed by atoms with Crippen molar-refractivity contribution in [2.45, 2.75) is 58.0 Å². The first-order chi connectivity index (χ1) is 22.8. The van der Waals surface area contributed by atoms with Crippen molar-refractivity contribution in [3.8, 4) is 11.5 Å². The number of nitrogens with zero attached hydrogens (tertiary/aromatic N) is 4. The summed E-state index contributed by atoms with van der Waals surface area (Å²) in [6.07, 6.45) is 5.29. The minimum atomic E-state index is 0.0456. The van der Waals surface area contributed by atoms with E-state index in [1.165, 1.54) is 11.1 Å². The number of piperazine rings is 2. The lowest BCUT2D eigenvalue weighted by atomic mass is 9.97. The highest BCUT2D eigenvalue weighted by atomic mass is 16.5. The van der Waals surface area contributed by atoms with Crippen LogP contribution in [0.15, 0.2) is 48.5 Å². The number of hydrogen-bond acceptors (Lipinski definition) is 8. The van der Waals surface area contributed by atoms with Gasteiger partial charge in [-0.1, -0.05) is 35.4 Å². The maximum atomic E-state index is 12.6. The van der Waals surface area contributed by atoms with Gasteiger partial charge in [0.15, 0.2) is 0 Å². The minimum absolute atomic E-state index is 0.0456. The molecule has 2 amide bonds. The maximum Gasteiger partial charge on any atom is 0.233 e. The highest BCUT2D eigenvalue weighted by molar-refractivity contribution is 5.78. The Bertz CT molecular complexity index is 1210. The molecular weight excluding hydrogens is 592 g/mol. The van der Waals surface area contributed by atoms with Crippen molar-refractivity contribution in [2.75, 3.05) is 92.8 Å². The third-order valence-electron chi connectivity index (χ3n) is 9.49. The van der Waals surface area contributed by atoms with Crippen molar-refractivity contribution >= 4 is 11.8 Å². The number of nitrogens with one attached hydrogen (secondary N) is 2. The van der Waals surface area contributed by atoms with E-state index in [9.17, 15) is 9.59 Å². The van der Waals surface area contributed by atoms with Crippen LogP contribution in [-0.4, -0.2) is 136 Å². The molecule has 4 rings (SSSR count). The van der Waals surface area contributed by atoms with Gasteiger partial charge in [0.25, 0.3) is 0 Å². The zero-order valence-electron chi connectivity index (χ0n) is 29.2. The van der Waals surface area contributed by atoms with Gasteiger partial charge in [0, 0.05) is 65.4 Å². The van der Waals surface area contributed by atoms with Gasteiger partial charge in [-0.15, -0.1) is 0 Å². The van der Waals surface area contributed by atoms with E-state index < -0.39 is 0 Å². The molecule has 10 nitrogen and oxygen atoms in total. The van der Waals surface area contributed by atoms with E-state index in [0.29, 0.717) is 19.7 Å². The first kappa shape index (κ1) is 36.7. The number of carbonyl (C=O) groups excluding carboxylic acids is 2. The Morgan fingerprint density at radius 2 is 1.11 bits per heavy atom. The zero-order chi connectivity index (χ0) is 33.4. The van der Waals surface area contributed by atoms with Crippen LogP contribution in [0.1, 0.15) is 43.2 Å². The van der Waals surface area contributed by atoms with Crippen LogP contribution in [0.3, 0.4) is 0 Å². The van der Waals surface area contributed by atoms with Gasteiger partial charge in [0.2, 0.25) is 11.8 Å². The van der Waals surface area contributed by atoms with Gasteiger partial charge in [-0.2, -0.15) is 0 Å². The van der Waals surface area contributed by atoms with E-state index >= 15 is 0 Å². The average molecular weight is 651 g/mol. The first-order valence-corrected chi connectivity index (χ1v) is 17.6. The second-order valence-electron chi connectivity index (χ2n) is 13.1. The molecule has 0 aromatic heterocycles. The van der Waals surface area contributed by atoms with Crippen LogP contribution in [0.5, 0.6) is 11.5 Å². The number of rotatable bonds is 18. The predicted octanol–water partition coefficient (Wildman–Crippen LogP) is 3.18. The molecule has 2 aromatic rings. The molecule has 0 radical (unpaired) electrons. The van der Waals surface area contributed by atoms with Crippen molar-refractivity contribution in [2.24, 2.45) is 0 Å². The van der Waals surface area contributed by atoms with E-state index in [0.717, 1.165) is 103 Å². The second-order valence-corrected chi connectivity index (χ2v) is 13.1. The fourth-order valence-corrected chi connectivity index (χ4v) is 6.59. The summed E-state index contributed by atoms with van der Waals surface area (Å²) < 4.78 is 11.9. The Kier molecular flexibility index (Phi) is 15.3. The van der Waals surface area contributed by atoms with Crippen LogP contribution in [-0.2, 0) is 9.59 Å². The largest absolute Gasteiger partial charge is 0.494 e. The summed E-state index contributed by atoms with van der Waals surface area (Å²) in [5.41, 5.74) is 2.47. The molecule has 0 aliphatic carbocycles. The number of amides is 2. The standard InChI is InChI=1S/C37H58N6O4/c1-30-10-14-32(15-11-30)46-24-8-5-6-18-40-20-23-43(29-37(45)39-4)35(26-40)34-27-41(28-36(44)38-3)21-22-42(34)19-7-9-25-47-33-16-12-31(2)13-17-33/h10-17,34-35H,5-9,18-29H2,1-4H3,(H,38,44)(H,39,45). The lowest BCUT2D eigenvalue weighted by Crippen LogP contribution is -2.67. The number of benzene rings is 2. The molecule has 2 heterocycles. The molecule has 0 saturated carbocycles. The Balaban J connectivity index is 1.33. The molecule has 2 fully saturated rings. The summed E-state index contributed by atoms with van der Waals surface area (Å²) in [4.78, 5) is 34.8. The molecule has 10 heteroatoms. The van der Waals surface area contributed by atoms with Gasteiger partial charge < -0.3 is 25.0 Å². The van der Waals surface area contributed by atoms with Gasteiger partial charge in [-0.3, -0.25) is 24.3 Å². The molecule has 0 bridgehead atoms. The minimum Gasteiger partial charge on any atom is -0.494 e. The topological polar surface area (TPSA) is 89.6 Å². The normalized spacial score (nSPS) is 19.7. The molecule has 2 saturated heterocycles. The maximum absolute atomic E-state index is 12.6. The number of carbonyl (C=O) groups is 2. The Morgan fingerprint density at radius 1 is 0.617 bits per heavy atom. The van der Waals surface area contributed by atoms with E-state index in [-0.39, 0.29) is 23.9 Å². The van der Waals surface area contributed by atoms with Crippen molar-refractivity contribution in [3.05, 3.63) is 59.7 Å². The van der Waals surface area contributed by atoms with Gasteiger partial charge in [0.05, 0.1) is 26.3 Å². The Morgan fingerprint density at radius 3 is 1.72 bits per heavy atom. The summed E-state index contributed by atoms with van der Waals surface area (Å²) in [5, 5.41) is 5.63. The van der Waals surface area contributed by atoms with Crippen LogP contribution < -0.4 is 20.1 Å². The van der Waals surface area contributed by atoms with Gasteiger partial charge in [-0.05, 0) is 83.3 Å². The fourth-order valence-electron chi connectivity index (χ4n) is 6.59. The fraction of sp³-hybridized carbons (Fsp3) is 0.622.